The van der Waals surface area contributed by atoms with Gasteiger partial charge in [0.15, 0.2) is 11.5 Å². The summed E-state index contributed by atoms with van der Waals surface area (Å²) in [6.07, 6.45) is 0.104. The Hall–Kier alpha value is -2.32. The maximum atomic E-state index is 12.6. The Labute approximate surface area is 145 Å². The number of nitrogens with zero attached hydrogens (tertiary/aromatic N) is 2. The second-order valence-electron chi connectivity index (χ2n) is 6.29. The number of carbonyl (C=O) groups excluding carboxylic acids is 1. The van der Waals surface area contributed by atoms with Gasteiger partial charge in [0.05, 0.1) is 25.7 Å². The van der Waals surface area contributed by atoms with Crippen LogP contribution in [0.5, 0.6) is 11.5 Å². The van der Waals surface area contributed by atoms with Crippen molar-refractivity contribution in [3.63, 3.8) is 0 Å². The Bertz CT molecular complexity index is 650. The minimum Gasteiger partial charge on any atom is -0.480 e. The van der Waals surface area contributed by atoms with Gasteiger partial charge >= 0.3 is 5.97 Å². The minimum atomic E-state index is -0.881. The van der Waals surface area contributed by atoms with Crippen molar-refractivity contribution in [1.82, 2.24) is 9.80 Å². The van der Waals surface area contributed by atoms with E-state index in [9.17, 15) is 9.59 Å². The molecule has 1 fully saturated rings. The molecule has 8 nitrogen and oxygen atoms in total. The fourth-order valence-electron chi connectivity index (χ4n) is 3.04. The normalized spacial score (nSPS) is 19.3. The molecular weight excluding hydrogens is 328 g/mol. The fraction of sp³-hybridized carbons (Fsp3) is 0.529. The van der Waals surface area contributed by atoms with E-state index in [1.807, 2.05) is 18.2 Å². The van der Waals surface area contributed by atoms with Crippen LogP contribution in [0.3, 0.4) is 0 Å². The highest BCUT2D eigenvalue weighted by molar-refractivity contribution is 5.79. The molecule has 25 heavy (non-hydrogen) atoms. The molecule has 0 spiro atoms. The van der Waals surface area contributed by atoms with Crippen LogP contribution in [-0.2, 0) is 20.7 Å². The molecule has 0 bridgehead atoms. The summed E-state index contributed by atoms with van der Waals surface area (Å²) in [4.78, 5) is 26.8. The van der Waals surface area contributed by atoms with Crippen LogP contribution in [0.4, 0.5) is 0 Å². The van der Waals surface area contributed by atoms with E-state index in [2.05, 4.69) is 0 Å². The van der Waals surface area contributed by atoms with E-state index in [0.29, 0.717) is 37.7 Å². The van der Waals surface area contributed by atoms with Crippen molar-refractivity contribution in [2.75, 3.05) is 46.6 Å². The summed E-state index contributed by atoms with van der Waals surface area (Å²) >= 11 is 0. The van der Waals surface area contributed by atoms with Gasteiger partial charge < -0.3 is 24.2 Å². The van der Waals surface area contributed by atoms with E-state index in [0.717, 1.165) is 5.56 Å². The van der Waals surface area contributed by atoms with Crippen molar-refractivity contribution < 1.29 is 28.9 Å². The molecule has 1 unspecified atom stereocenters. The van der Waals surface area contributed by atoms with Gasteiger partial charge in [-0.2, -0.15) is 0 Å². The summed E-state index contributed by atoms with van der Waals surface area (Å²) in [6.45, 7) is 2.10. The molecule has 2 aliphatic rings. The number of morpholine rings is 1. The Morgan fingerprint density at radius 3 is 2.92 bits per heavy atom. The number of hydrogen-bond donors (Lipinski definition) is 1. The van der Waals surface area contributed by atoms with Gasteiger partial charge in [-0.1, -0.05) is 6.07 Å². The zero-order valence-electron chi connectivity index (χ0n) is 14.1. The number of carboxylic acid groups (broad SMARTS) is 1. The zero-order chi connectivity index (χ0) is 17.8. The molecule has 1 N–H and O–H groups in total. The van der Waals surface area contributed by atoms with Crippen molar-refractivity contribution in [3.05, 3.63) is 23.8 Å². The predicted octanol–water partition coefficient (Wildman–Crippen LogP) is 0.202. The summed E-state index contributed by atoms with van der Waals surface area (Å²) < 4.78 is 16.3. The molecule has 0 aliphatic carbocycles. The lowest BCUT2D eigenvalue weighted by Gasteiger charge is -2.34. The Kier molecular flexibility index (Phi) is 5.40. The average Bonchev–Trinajstić information content (AvgIpc) is 3.02. The molecule has 1 aromatic carbocycles. The highest BCUT2D eigenvalue weighted by Gasteiger charge is 2.26. The average molecular weight is 350 g/mol. The third-order valence-electron chi connectivity index (χ3n) is 4.20. The fourth-order valence-corrected chi connectivity index (χ4v) is 3.04. The van der Waals surface area contributed by atoms with Gasteiger partial charge in [-0.05, 0) is 24.7 Å². The lowest BCUT2D eigenvalue weighted by molar-refractivity contribution is -0.142. The topological polar surface area (TPSA) is 88.5 Å². The summed E-state index contributed by atoms with van der Waals surface area (Å²) in [5.41, 5.74) is 0.875. The molecule has 1 aromatic rings. The van der Waals surface area contributed by atoms with Crippen molar-refractivity contribution >= 4 is 11.9 Å². The summed E-state index contributed by atoms with van der Waals surface area (Å²) in [5, 5.41) is 8.82. The molecule has 0 aromatic heterocycles. The van der Waals surface area contributed by atoms with Gasteiger partial charge in [-0.15, -0.1) is 0 Å². The number of fused-ring (bicyclic) bond motifs is 1. The first kappa shape index (κ1) is 17.5. The van der Waals surface area contributed by atoms with Gasteiger partial charge in [-0.25, -0.2) is 0 Å². The Balaban J connectivity index is 1.54. The number of ether oxygens (including phenoxy) is 3. The maximum Gasteiger partial charge on any atom is 0.317 e. The number of aliphatic carboxylic acids is 1. The smallest absolute Gasteiger partial charge is 0.317 e. The van der Waals surface area contributed by atoms with Crippen LogP contribution in [0, 0.1) is 0 Å². The molecule has 2 heterocycles. The predicted molar refractivity (Wildman–Crippen MR) is 87.7 cm³/mol. The molecular formula is C17H22N2O6. The summed E-state index contributed by atoms with van der Waals surface area (Å²) in [7, 11) is 1.73. The first-order chi connectivity index (χ1) is 12.0. The third-order valence-corrected chi connectivity index (χ3v) is 4.20. The molecule has 2 aliphatic heterocycles. The SMILES string of the molecule is CN(CC(=O)O)CC1CN(C(=O)Cc2ccc3c(c2)OCO3)CCO1. The van der Waals surface area contributed by atoms with E-state index in [4.69, 9.17) is 19.3 Å². The quantitative estimate of drug-likeness (QED) is 0.784. The van der Waals surface area contributed by atoms with E-state index >= 15 is 0 Å². The second kappa shape index (κ2) is 7.71. The largest absolute Gasteiger partial charge is 0.480 e. The monoisotopic (exact) mass is 350 g/mol. The zero-order valence-corrected chi connectivity index (χ0v) is 14.1. The van der Waals surface area contributed by atoms with Gasteiger partial charge in [0.2, 0.25) is 12.7 Å². The standard InChI is InChI=1S/C17H22N2O6/c1-18(10-17(21)22)8-13-9-19(4-5-23-13)16(20)7-12-2-3-14-15(6-12)25-11-24-14/h2-3,6,13H,4-5,7-11H2,1H3,(H,21,22). The van der Waals surface area contributed by atoms with Crippen LogP contribution in [0.2, 0.25) is 0 Å². The van der Waals surface area contributed by atoms with E-state index < -0.39 is 5.97 Å². The van der Waals surface area contributed by atoms with Crippen LogP contribution in [-0.4, -0.2) is 79.5 Å². The van der Waals surface area contributed by atoms with Crippen molar-refractivity contribution in [2.45, 2.75) is 12.5 Å². The van der Waals surface area contributed by atoms with E-state index in [1.165, 1.54) is 0 Å². The van der Waals surface area contributed by atoms with E-state index in [1.54, 1.807) is 16.8 Å². The number of carbonyl (C=O) groups is 2. The Morgan fingerprint density at radius 1 is 1.32 bits per heavy atom. The second-order valence-corrected chi connectivity index (χ2v) is 6.29. The van der Waals surface area contributed by atoms with Crippen LogP contribution >= 0.6 is 0 Å². The lowest BCUT2D eigenvalue weighted by atomic mass is 10.1. The third kappa shape index (κ3) is 4.61. The van der Waals surface area contributed by atoms with Crippen LogP contribution in [0.1, 0.15) is 5.56 Å². The summed E-state index contributed by atoms with van der Waals surface area (Å²) in [6, 6.07) is 5.51. The van der Waals surface area contributed by atoms with Crippen molar-refractivity contribution in [1.29, 1.82) is 0 Å². The maximum absolute atomic E-state index is 12.6. The number of likely N-dealkylation sites (N-methyl/N-ethyl adjacent to an activating group) is 1. The number of hydrogen-bond acceptors (Lipinski definition) is 6. The van der Waals surface area contributed by atoms with Crippen LogP contribution in [0.15, 0.2) is 18.2 Å². The molecule has 3 rings (SSSR count). The van der Waals surface area contributed by atoms with Crippen molar-refractivity contribution in [3.8, 4) is 11.5 Å². The van der Waals surface area contributed by atoms with E-state index in [-0.39, 0.29) is 31.8 Å². The lowest BCUT2D eigenvalue weighted by Crippen LogP contribution is -2.50. The molecule has 1 atom stereocenters. The molecule has 1 amide bonds. The molecule has 0 radical (unpaired) electrons. The Morgan fingerprint density at radius 2 is 2.12 bits per heavy atom. The molecule has 0 saturated carbocycles. The first-order valence-corrected chi connectivity index (χ1v) is 8.19. The minimum absolute atomic E-state index is 0.0213. The summed E-state index contributed by atoms with van der Waals surface area (Å²) in [5.74, 6) is 0.506. The van der Waals surface area contributed by atoms with Crippen molar-refractivity contribution in [2.24, 2.45) is 0 Å². The highest BCUT2D eigenvalue weighted by Crippen LogP contribution is 2.32. The first-order valence-electron chi connectivity index (χ1n) is 8.19. The highest BCUT2D eigenvalue weighted by atomic mass is 16.7. The molecule has 1 saturated heterocycles. The number of carboxylic acids is 1. The number of benzene rings is 1. The number of amides is 1. The number of rotatable bonds is 6. The van der Waals surface area contributed by atoms with Gasteiger partial charge in [0.1, 0.15) is 0 Å². The molecule has 8 heteroatoms. The van der Waals surface area contributed by atoms with Crippen LogP contribution < -0.4 is 9.47 Å². The van der Waals surface area contributed by atoms with Gasteiger partial charge in [-0.3, -0.25) is 14.5 Å². The van der Waals surface area contributed by atoms with Gasteiger partial charge in [0.25, 0.3) is 0 Å². The van der Waals surface area contributed by atoms with Gasteiger partial charge in [0, 0.05) is 19.6 Å². The van der Waals surface area contributed by atoms with Crippen LogP contribution in [0.25, 0.3) is 0 Å². The molecule has 136 valence electrons.